The van der Waals surface area contributed by atoms with E-state index in [1.165, 1.54) is 0 Å². The highest BCUT2D eigenvalue weighted by molar-refractivity contribution is 5.77. The van der Waals surface area contributed by atoms with Crippen LogP contribution in [0.1, 0.15) is 36.5 Å². The summed E-state index contributed by atoms with van der Waals surface area (Å²) in [6.07, 6.45) is 3.81. The van der Waals surface area contributed by atoms with Gasteiger partial charge in [0.05, 0.1) is 7.11 Å². The summed E-state index contributed by atoms with van der Waals surface area (Å²) in [6, 6.07) is 8.25. The molecule has 6 nitrogen and oxygen atoms in total. The maximum absolute atomic E-state index is 12.6. The number of nitrogens with zero attached hydrogens (tertiary/aromatic N) is 3. The van der Waals surface area contributed by atoms with E-state index >= 15 is 0 Å². The lowest BCUT2D eigenvalue weighted by Gasteiger charge is -2.25. The van der Waals surface area contributed by atoms with Crippen LogP contribution in [0, 0.1) is 6.92 Å². The number of likely N-dealkylation sites (tertiary alicyclic amines) is 1. The first kappa shape index (κ1) is 16.5. The van der Waals surface area contributed by atoms with Crippen LogP contribution >= 0.6 is 0 Å². The first-order valence-electron chi connectivity index (χ1n) is 8.38. The molecule has 1 amide bonds. The van der Waals surface area contributed by atoms with Crippen molar-refractivity contribution in [1.29, 1.82) is 0 Å². The smallest absolute Gasteiger partial charge is 0.227 e. The van der Waals surface area contributed by atoms with Gasteiger partial charge in [0, 0.05) is 25.4 Å². The minimum absolute atomic E-state index is 0.156. The molecule has 1 unspecified atom stereocenters. The Balaban J connectivity index is 1.61. The zero-order valence-corrected chi connectivity index (χ0v) is 14.2. The fourth-order valence-electron chi connectivity index (χ4n) is 3.30. The number of rotatable bonds is 6. The molecule has 0 spiro atoms. The van der Waals surface area contributed by atoms with Crippen LogP contribution in [0.4, 0.5) is 0 Å². The van der Waals surface area contributed by atoms with Crippen molar-refractivity contribution >= 4 is 5.91 Å². The van der Waals surface area contributed by atoms with Gasteiger partial charge in [-0.1, -0.05) is 23.4 Å². The number of carbonyl (C=O) groups is 1. The highest BCUT2D eigenvalue weighted by Crippen LogP contribution is 2.26. The summed E-state index contributed by atoms with van der Waals surface area (Å²) >= 11 is 0. The third-order valence-electron chi connectivity index (χ3n) is 4.47. The van der Waals surface area contributed by atoms with Crippen LogP contribution in [0.15, 0.2) is 28.8 Å². The van der Waals surface area contributed by atoms with Crippen LogP contribution < -0.4 is 4.74 Å². The summed E-state index contributed by atoms with van der Waals surface area (Å²) in [5.41, 5.74) is 1.15. The first-order valence-corrected chi connectivity index (χ1v) is 8.38. The number of hydrogen-bond acceptors (Lipinski definition) is 5. The van der Waals surface area contributed by atoms with E-state index in [0.29, 0.717) is 24.6 Å². The van der Waals surface area contributed by atoms with E-state index in [2.05, 4.69) is 16.2 Å². The second-order valence-electron chi connectivity index (χ2n) is 6.13. The van der Waals surface area contributed by atoms with Gasteiger partial charge >= 0.3 is 0 Å². The van der Waals surface area contributed by atoms with Gasteiger partial charge in [-0.15, -0.1) is 0 Å². The zero-order valence-electron chi connectivity index (χ0n) is 14.2. The molecular formula is C18H23N3O3. The van der Waals surface area contributed by atoms with Crippen molar-refractivity contribution in [3.63, 3.8) is 0 Å². The SMILES string of the molecule is COc1ccccc1CC1CCCN1C(=O)CCc1nc(C)no1. The maximum Gasteiger partial charge on any atom is 0.227 e. The molecule has 128 valence electrons. The normalized spacial score (nSPS) is 17.2. The second kappa shape index (κ2) is 7.47. The number of aryl methyl sites for hydroxylation is 2. The summed E-state index contributed by atoms with van der Waals surface area (Å²) in [5.74, 6) is 2.18. The predicted octanol–water partition coefficient (Wildman–Crippen LogP) is 2.55. The van der Waals surface area contributed by atoms with E-state index in [9.17, 15) is 4.79 Å². The summed E-state index contributed by atoms with van der Waals surface area (Å²) in [5, 5.41) is 3.76. The van der Waals surface area contributed by atoms with Crippen LogP contribution in [-0.4, -0.2) is 40.6 Å². The topological polar surface area (TPSA) is 68.5 Å². The predicted molar refractivity (Wildman–Crippen MR) is 88.8 cm³/mol. The van der Waals surface area contributed by atoms with E-state index in [1.54, 1.807) is 14.0 Å². The quantitative estimate of drug-likeness (QED) is 0.815. The number of para-hydroxylation sites is 1. The molecule has 2 aromatic rings. The third-order valence-corrected chi connectivity index (χ3v) is 4.47. The monoisotopic (exact) mass is 329 g/mol. The first-order chi connectivity index (χ1) is 11.7. The number of benzene rings is 1. The van der Waals surface area contributed by atoms with E-state index in [4.69, 9.17) is 9.26 Å². The number of ether oxygens (including phenoxy) is 1. The van der Waals surface area contributed by atoms with Crippen LogP contribution in [0.3, 0.4) is 0 Å². The standard InChI is InChI=1S/C18H23N3O3/c1-13-19-17(24-20-13)9-10-18(22)21-11-5-7-15(21)12-14-6-3-4-8-16(14)23-2/h3-4,6,8,15H,5,7,9-12H2,1-2H3. The van der Waals surface area contributed by atoms with Crippen LogP contribution in [-0.2, 0) is 17.6 Å². The fourth-order valence-corrected chi connectivity index (χ4v) is 3.30. The van der Waals surface area contributed by atoms with Gasteiger partial charge in [0.1, 0.15) is 5.75 Å². The largest absolute Gasteiger partial charge is 0.496 e. The van der Waals surface area contributed by atoms with Gasteiger partial charge in [-0.25, -0.2) is 0 Å². The average molecular weight is 329 g/mol. The summed E-state index contributed by atoms with van der Waals surface area (Å²) in [6.45, 7) is 2.60. The molecule has 1 fully saturated rings. The Morgan fingerprint density at radius 1 is 1.42 bits per heavy atom. The van der Waals surface area contributed by atoms with Crippen molar-refractivity contribution < 1.29 is 14.1 Å². The molecule has 1 aromatic carbocycles. The zero-order chi connectivity index (χ0) is 16.9. The Morgan fingerprint density at radius 2 is 2.25 bits per heavy atom. The molecule has 1 atom stereocenters. The highest BCUT2D eigenvalue weighted by atomic mass is 16.5. The number of carbonyl (C=O) groups excluding carboxylic acids is 1. The van der Waals surface area contributed by atoms with Crippen LogP contribution in [0.25, 0.3) is 0 Å². The van der Waals surface area contributed by atoms with Crippen molar-refractivity contribution in [2.75, 3.05) is 13.7 Å². The van der Waals surface area contributed by atoms with E-state index in [-0.39, 0.29) is 11.9 Å². The summed E-state index contributed by atoms with van der Waals surface area (Å²) in [7, 11) is 1.68. The van der Waals surface area contributed by atoms with Crippen LogP contribution in [0.5, 0.6) is 5.75 Å². The van der Waals surface area contributed by atoms with Gasteiger partial charge in [-0.3, -0.25) is 4.79 Å². The molecule has 0 bridgehead atoms. The van der Waals surface area contributed by atoms with Crippen LogP contribution in [0.2, 0.25) is 0 Å². The van der Waals surface area contributed by atoms with Gasteiger partial charge in [0.25, 0.3) is 0 Å². The lowest BCUT2D eigenvalue weighted by Crippen LogP contribution is -2.37. The minimum Gasteiger partial charge on any atom is -0.496 e. The molecule has 1 aliphatic heterocycles. The van der Waals surface area contributed by atoms with Gasteiger partial charge in [-0.2, -0.15) is 4.98 Å². The average Bonchev–Trinajstić information content (AvgIpc) is 3.22. The molecule has 1 saturated heterocycles. The maximum atomic E-state index is 12.6. The summed E-state index contributed by atoms with van der Waals surface area (Å²) < 4.78 is 10.5. The van der Waals surface area contributed by atoms with Crippen molar-refractivity contribution in [2.45, 2.75) is 45.1 Å². The number of hydrogen-bond donors (Lipinski definition) is 0. The van der Waals surface area contributed by atoms with Gasteiger partial charge in [0.2, 0.25) is 11.8 Å². The Hall–Kier alpha value is -2.37. The summed E-state index contributed by atoms with van der Waals surface area (Å²) in [4.78, 5) is 18.7. The number of aromatic nitrogens is 2. The molecule has 3 rings (SSSR count). The molecule has 0 aliphatic carbocycles. The lowest BCUT2D eigenvalue weighted by molar-refractivity contribution is -0.132. The number of amides is 1. The van der Waals surface area contributed by atoms with Crippen molar-refractivity contribution in [1.82, 2.24) is 15.0 Å². The van der Waals surface area contributed by atoms with Crippen molar-refractivity contribution in [3.8, 4) is 5.75 Å². The van der Waals surface area contributed by atoms with Gasteiger partial charge < -0.3 is 14.2 Å². The molecule has 0 N–H and O–H groups in total. The highest BCUT2D eigenvalue weighted by Gasteiger charge is 2.29. The van der Waals surface area contributed by atoms with Crippen molar-refractivity contribution in [3.05, 3.63) is 41.5 Å². The lowest BCUT2D eigenvalue weighted by atomic mass is 10.0. The Bertz CT molecular complexity index is 698. The molecule has 24 heavy (non-hydrogen) atoms. The molecule has 0 radical (unpaired) electrons. The molecule has 6 heteroatoms. The minimum atomic E-state index is 0.156. The van der Waals surface area contributed by atoms with Crippen molar-refractivity contribution in [2.24, 2.45) is 0 Å². The molecule has 0 saturated carbocycles. The Morgan fingerprint density at radius 3 is 3.00 bits per heavy atom. The molecule has 1 aromatic heterocycles. The second-order valence-corrected chi connectivity index (χ2v) is 6.13. The number of methoxy groups -OCH3 is 1. The van der Waals surface area contributed by atoms with E-state index in [0.717, 1.165) is 37.1 Å². The van der Waals surface area contributed by atoms with Gasteiger partial charge in [-0.05, 0) is 37.8 Å². The van der Waals surface area contributed by atoms with E-state index < -0.39 is 0 Å². The molecular weight excluding hydrogens is 306 g/mol. The molecule has 1 aliphatic rings. The molecule has 2 heterocycles. The Kier molecular flexibility index (Phi) is 5.13. The van der Waals surface area contributed by atoms with Gasteiger partial charge in [0.15, 0.2) is 5.82 Å². The van der Waals surface area contributed by atoms with E-state index in [1.807, 2.05) is 23.1 Å². The fraction of sp³-hybridized carbons (Fsp3) is 0.500. The third kappa shape index (κ3) is 3.75. The Labute approximate surface area is 141 Å².